The minimum Gasteiger partial charge on any atom is -0.497 e. The number of sulfonamides is 1. The Morgan fingerprint density at radius 1 is 1.11 bits per heavy atom. The lowest BCUT2D eigenvalue weighted by atomic mass is 9.93. The zero-order chi connectivity index (χ0) is 24.9. The maximum Gasteiger partial charge on any atom is 0.243 e. The minimum absolute atomic E-state index is 0.0629. The van der Waals surface area contributed by atoms with Crippen molar-refractivity contribution in [2.24, 2.45) is 11.8 Å². The first-order chi connectivity index (χ1) is 17.4. The number of rotatable bonds is 7. The fraction of sp³-hybridized carbons (Fsp3) is 0.481. The topological polar surface area (TPSA) is 79.8 Å². The molecule has 3 aliphatic rings. The molecule has 1 saturated heterocycles. The summed E-state index contributed by atoms with van der Waals surface area (Å²) in [7, 11) is -2.25. The van der Waals surface area contributed by atoms with E-state index in [2.05, 4.69) is 23.2 Å². The molecule has 0 N–H and O–H groups in total. The summed E-state index contributed by atoms with van der Waals surface area (Å²) in [6.07, 6.45) is 5.67. The highest BCUT2D eigenvalue weighted by atomic mass is 32.2. The fourth-order valence-corrected chi connectivity index (χ4v) is 8.35. The summed E-state index contributed by atoms with van der Waals surface area (Å²) in [5, 5.41) is 0. The molecule has 36 heavy (non-hydrogen) atoms. The lowest BCUT2D eigenvalue weighted by Crippen LogP contribution is -2.51. The third kappa shape index (κ3) is 4.41. The maximum atomic E-state index is 14.2. The molecule has 6 rings (SSSR count). The molecule has 1 aliphatic heterocycles. The van der Waals surface area contributed by atoms with Gasteiger partial charge in [0.2, 0.25) is 15.9 Å². The van der Waals surface area contributed by atoms with Crippen LogP contribution in [0.25, 0.3) is 10.2 Å². The fourth-order valence-electron chi connectivity index (χ4n) is 6.04. The lowest BCUT2D eigenvalue weighted by molar-refractivity contribution is -0.138. The molecule has 2 aromatic carbocycles. The number of carbonyl (C=O) groups is 1. The van der Waals surface area contributed by atoms with Crippen LogP contribution in [0.1, 0.15) is 44.1 Å². The Morgan fingerprint density at radius 2 is 1.94 bits per heavy atom. The first-order valence-corrected chi connectivity index (χ1v) is 15.0. The van der Waals surface area contributed by atoms with Crippen molar-refractivity contribution in [1.29, 1.82) is 0 Å². The molecule has 7 nitrogen and oxygen atoms in total. The van der Waals surface area contributed by atoms with E-state index in [9.17, 15) is 13.2 Å². The van der Waals surface area contributed by atoms with Gasteiger partial charge in [-0.25, -0.2) is 13.4 Å². The number of methoxy groups -OCH3 is 1. The van der Waals surface area contributed by atoms with Crippen LogP contribution in [0.5, 0.6) is 5.75 Å². The Bertz CT molecular complexity index is 1370. The number of benzene rings is 2. The van der Waals surface area contributed by atoms with Crippen LogP contribution in [0.3, 0.4) is 0 Å². The Balaban J connectivity index is 1.29. The van der Waals surface area contributed by atoms with E-state index in [0.717, 1.165) is 41.0 Å². The highest BCUT2D eigenvalue weighted by Gasteiger charge is 2.47. The van der Waals surface area contributed by atoms with E-state index in [4.69, 9.17) is 4.74 Å². The quantitative estimate of drug-likeness (QED) is 0.448. The van der Waals surface area contributed by atoms with Gasteiger partial charge in [-0.3, -0.25) is 4.79 Å². The summed E-state index contributed by atoms with van der Waals surface area (Å²) in [6, 6.07) is 12.1. The lowest BCUT2D eigenvalue weighted by Gasteiger charge is -2.37. The van der Waals surface area contributed by atoms with E-state index in [1.807, 2.05) is 10.4 Å². The number of thiazole rings is 1. The van der Waals surface area contributed by atoms with Crippen molar-refractivity contribution in [3.05, 3.63) is 53.5 Å². The molecule has 3 fully saturated rings. The summed E-state index contributed by atoms with van der Waals surface area (Å²) < 4.78 is 34.9. The second-order valence-corrected chi connectivity index (χ2v) is 13.1. The second-order valence-electron chi connectivity index (χ2n) is 10.3. The van der Waals surface area contributed by atoms with Gasteiger partial charge in [0.15, 0.2) is 0 Å². The van der Waals surface area contributed by atoms with E-state index in [-0.39, 0.29) is 16.8 Å². The second kappa shape index (κ2) is 9.43. The van der Waals surface area contributed by atoms with E-state index >= 15 is 0 Å². The molecule has 2 saturated carbocycles. The van der Waals surface area contributed by atoms with Crippen molar-refractivity contribution in [2.75, 3.05) is 13.7 Å². The Morgan fingerprint density at radius 3 is 2.72 bits per heavy atom. The molecular weight excluding hydrogens is 494 g/mol. The third-order valence-electron chi connectivity index (χ3n) is 8.14. The average molecular weight is 526 g/mol. The molecule has 1 aromatic heterocycles. The molecule has 9 heteroatoms. The minimum atomic E-state index is -3.80. The van der Waals surface area contributed by atoms with Crippen molar-refractivity contribution in [3.8, 4) is 5.75 Å². The number of amides is 1. The number of fused-ring (bicyclic) bond motifs is 2. The number of nitrogens with zero attached hydrogens (tertiary/aromatic N) is 3. The van der Waals surface area contributed by atoms with Gasteiger partial charge >= 0.3 is 0 Å². The van der Waals surface area contributed by atoms with Crippen molar-refractivity contribution in [2.45, 2.75) is 62.0 Å². The number of ether oxygens (including phenoxy) is 1. The molecule has 190 valence electrons. The summed E-state index contributed by atoms with van der Waals surface area (Å²) in [5.41, 5.74) is 3.83. The van der Waals surface area contributed by atoms with Crippen LogP contribution < -0.4 is 4.74 Å². The molecule has 3 aromatic rings. The predicted octanol–water partition coefficient (Wildman–Crippen LogP) is 4.68. The molecule has 2 aliphatic carbocycles. The maximum absolute atomic E-state index is 14.2. The smallest absolute Gasteiger partial charge is 0.243 e. The first kappa shape index (κ1) is 23.9. The zero-order valence-electron chi connectivity index (χ0n) is 20.4. The molecule has 1 amide bonds. The summed E-state index contributed by atoms with van der Waals surface area (Å²) in [4.78, 5) is 20.8. The summed E-state index contributed by atoms with van der Waals surface area (Å²) in [5.74, 6) is 2.07. The molecule has 0 spiro atoms. The number of aromatic nitrogens is 1. The van der Waals surface area contributed by atoms with Crippen molar-refractivity contribution in [1.82, 2.24) is 14.2 Å². The summed E-state index contributed by atoms with van der Waals surface area (Å²) >= 11 is 1.61. The Kier molecular flexibility index (Phi) is 6.25. The third-order valence-corrected chi connectivity index (χ3v) is 10.9. The van der Waals surface area contributed by atoms with Crippen molar-refractivity contribution in [3.63, 3.8) is 0 Å². The van der Waals surface area contributed by atoms with Gasteiger partial charge in [0.25, 0.3) is 0 Å². The molecule has 0 radical (unpaired) electrons. The van der Waals surface area contributed by atoms with E-state index < -0.39 is 16.1 Å². The Labute approximate surface area is 216 Å². The SMILES string of the molecule is COc1ccc(S(=O)(=O)N2CCC[C@H]2C(=O)N(Cc2ccc3scnc3c2)[C@H]2CC[C@H]3C[C@H]3C2)cc1. The van der Waals surface area contributed by atoms with E-state index in [1.165, 1.54) is 10.7 Å². The van der Waals surface area contributed by atoms with Crippen LogP contribution in [0.15, 0.2) is 52.9 Å². The van der Waals surface area contributed by atoms with Gasteiger partial charge in [-0.2, -0.15) is 4.31 Å². The number of carbonyl (C=O) groups excluding carboxylic acids is 1. The standard InChI is InChI=1S/C27H31N3O4S2/c1-34-22-7-9-23(10-8-22)36(32,33)30-12-2-3-25(30)27(31)29(21-6-5-19-14-20(19)15-21)16-18-4-11-26-24(13-18)28-17-35-26/h4,7-11,13,17,19-21,25H,2-3,5-6,12,14-16H2,1H3/t19-,20-,21-,25-/m0/s1. The zero-order valence-corrected chi connectivity index (χ0v) is 22.0. The highest BCUT2D eigenvalue weighted by molar-refractivity contribution is 7.89. The van der Waals surface area contributed by atoms with Crippen LogP contribution in [0.2, 0.25) is 0 Å². The molecule has 0 bridgehead atoms. The highest BCUT2D eigenvalue weighted by Crippen LogP contribution is 2.50. The molecule has 4 atom stereocenters. The molecular formula is C27H31N3O4S2. The average Bonchev–Trinajstić information content (AvgIpc) is 3.26. The van der Waals surface area contributed by atoms with Crippen LogP contribution in [-0.4, -0.2) is 54.3 Å². The summed E-state index contributed by atoms with van der Waals surface area (Å²) in [6.45, 7) is 0.847. The van der Waals surface area contributed by atoms with Gasteiger partial charge in [-0.05, 0) is 92.3 Å². The van der Waals surface area contributed by atoms with Gasteiger partial charge in [0.1, 0.15) is 11.8 Å². The molecule has 0 unspecified atom stereocenters. The van der Waals surface area contributed by atoms with Crippen LogP contribution in [-0.2, 0) is 21.4 Å². The Hall–Kier alpha value is -2.49. The van der Waals surface area contributed by atoms with Gasteiger partial charge < -0.3 is 9.64 Å². The largest absolute Gasteiger partial charge is 0.497 e. The van der Waals surface area contributed by atoms with Gasteiger partial charge in [-0.15, -0.1) is 11.3 Å². The van der Waals surface area contributed by atoms with Crippen LogP contribution >= 0.6 is 11.3 Å². The number of hydrogen-bond donors (Lipinski definition) is 0. The number of hydrogen-bond acceptors (Lipinski definition) is 6. The van der Waals surface area contributed by atoms with E-state index in [0.29, 0.717) is 37.6 Å². The van der Waals surface area contributed by atoms with Crippen LogP contribution in [0.4, 0.5) is 0 Å². The van der Waals surface area contributed by atoms with Crippen LogP contribution in [0, 0.1) is 11.8 Å². The van der Waals surface area contributed by atoms with Crippen molar-refractivity contribution >= 4 is 37.5 Å². The normalized spacial score (nSPS) is 26.0. The van der Waals surface area contributed by atoms with Gasteiger partial charge in [0, 0.05) is 19.1 Å². The monoisotopic (exact) mass is 525 g/mol. The van der Waals surface area contributed by atoms with E-state index in [1.54, 1.807) is 42.7 Å². The first-order valence-electron chi connectivity index (χ1n) is 12.7. The van der Waals surface area contributed by atoms with Gasteiger partial charge in [-0.1, -0.05) is 6.07 Å². The molecule has 2 heterocycles. The predicted molar refractivity (Wildman–Crippen MR) is 139 cm³/mol. The van der Waals surface area contributed by atoms with Gasteiger partial charge in [0.05, 0.1) is 27.7 Å². The van der Waals surface area contributed by atoms with Crippen molar-refractivity contribution < 1.29 is 17.9 Å².